The molecule has 0 saturated heterocycles. The van der Waals surface area contributed by atoms with Crippen molar-refractivity contribution >= 4 is 11.3 Å². The van der Waals surface area contributed by atoms with Crippen molar-refractivity contribution < 1.29 is 0 Å². The number of unbranched alkanes of at least 4 members (excludes halogenated alkanes) is 2. The van der Waals surface area contributed by atoms with Crippen LogP contribution in [-0.2, 0) is 6.42 Å². The first kappa shape index (κ1) is 23.0. The van der Waals surface area contributed by atoms with Gasteiger partial charge in [0.25, 0.3) is 0 Å². The Bertz CT molecular complexity index is 910. The number of hydrogen-bond donors (Lipinski definition) is 3. The summed E-state index contributed by atoms with van der Waals surface area (Å²) in [5.41, 5.74) is 7.30. The maximum atomic E-state index is 4.24. The lowest BCUT2D eigenvalue weighted by molar-refractivity contribution is 0.508. The Hall–Kier alpha value is -2.70. The predicted molar refractivity (Wildman–Crippen MR) is 135 cm³/mol. The van der Waals surface area contributed by atoms with Crippen LogP contribution in [-0.4, -0.2) is 19.6 Å². The molecule has 0 aromatic heterocycles. The van der Waals surface area contributed by atoms with Crippen LogP contribution in [0, 0.1) is 17.8 Å². The van der Waals surface area contributed by atoms with Gasteiger partial charge < -0.3 is 16.0 Å². The minimum atomic E-state index is 0.162. The third kappa shape index (κ3) is 6.91. The molecule has 1 heterocycles. The summed E-state index contributed by atoms with van der Waals surface area (Å²) in [6.07, 6.45) is 14.6. The van der Waals surface area contributed by atoms with Crippen LogP contribution in [0.5, 0.6) is 0 Å². The van der Waals surface area contributed by atoms with Gasteiger partial charge in [0, 0.05) is 23.5 Å². The first-order valence-corrected chi connectivity index (χ1v) is 11.6. The number of benzene rings is 1. The third-order valence-electron chi connectivity index (χ3n) is 5.99. The maximum Gasteiger partial charge on any atom is 0.0879 e. The molecule has 3 nitrogen and oxygen atoms in total. The Morgan fingerprint density at radius 1 is 1.29 bits per heavy atom. The van der Waals surface area contributed by atoms with Crippen molar-refractivity contribution in [2.45, 2.75) is 57.9 Å². The van der Waals surface area contributed by atoms with Gasteiger partial charge >= 0.3 is 0 Å². The number of allylic oxidation sites excluding steroid dienone is 6. The molecule has 3 N–H and O–H groups in total. The van der Waals surface area contributed by atoms with Gasteiger partial charge in [-0.3, -0.25) is 0 Å². The van der Waals surface area contributed by atoms with E-state index in [-0.39, 0.29) is 6.04 Å². The van der Waals surface area contributed by atoms with Crippen molar-refractivity contribution in [3.8, 4) is 11.8 Å². The predicted octanol–water partition coefficient (Wildman–Crippen LogP) is 5.79. The Balaban J connectivity index is 1.50. The van der Waals surface area contributed by atoms with Crippen LogP contribution in [0.4, 0.5) is 5.69 Å². The van der Waals surface area contributed by atoms with Gasteiger partial charge in [-0.25, -0.2) is 0 Å². The summed E-state index contributed by atoms with van der Waals surface area (Å²) in [4.78, 5) is 0. The average Bonchev–Trinajstić information content (AvgIpc) is 3.13. The highest BCUT2D eigenvalue weighted by Crippen LogP contribution is 2.33. The van der Waals surface area contributed by atoms with Crippen LogP contribution in [0.1, 0.15) is 56.6 Å². The van der Waals surface area contributed by atoms with Gasteiger partial charge in [0.15, 0.2) is 0 Å². The van der Waals surface area contributed by atoms with Crippen LogP contribution < -0.4 is 16.0 Å². The molecule has 1 aliphatic heterocycles. The zero-order chi connectivity index (χ0) is 22.1. The van der Waals surface area contributed by atoms with Crippen LogP contribution in [0.25, 0.3) is 5.57 Å². The first-order valence-electron chi connectivity index (χ1n) is 11.6. The molecule has 31 heavy (non-hydrogen) atoms. The molecule has 0 amide bonds. The van der Waals surface area contributed by atoms with Gasteiger partial charge in [-0.1, -0.05) is 55.9 Å². The molecule has 2 atom stereocenters. The zero-order valence-corrected chi connectivity index (χ0v) is 19.2. The molecule has 164 valence electrons. The quantitative estimate of drug-likeness (QED) is 0.316. The molecule has 2 unspecified atom stereocenters. The van der Waals surface area contributed by atoms with E-state index < -0.39 is 0 Å². The van der Waals surface area contributed by atoms with Gasteiger partial charge in [-0.15, -0.1) is 5.92 Å². The highest BCUT2D eigenvalue weighted by Gasteiger charge is 2.17. The van der Waals surface area contributed by atoms with Crippen molar-refractivity contribution in [3.05, 3.63) is 72.1 Å². The highest BCUT2D eigenvalue weighted by atomic mass is 14.9. The SMILES string of the molecule is C=C1Cc2ccc(C3=CCC(CC(C#CC)NC(=C)CCCCCNC)C=C3)cc2N1. The minimum absolute atomic E-state index is 0.162. The smallest absolute Gasteiger partial charge is 0.0879 e. The molecule has 0 bridgehead atoms. The molecule has 1 aromatic rings. The fourth-order valence-corrected chi connectivity index (χ4v) is 4.31. The van der Waals surface area contributed by atoms with Crippen molar-refractivity contribution in [1.82, 2.24) is 10.6 Å². The summed E-state index contributed by atoms with van der Waals surface area (Å²) in [6, 6.07) is 6.85. The third-order valence-corrected chi connectivity index (χ3v) is 5.99. The minimum Gasteiger partial charge on any atom is -0.375 e. The molecule has 1 aromatic carbocycles. The summed E-state index contributed by atoms with van der Waals surface area (Å²) in [5, 5.41) is 10.2. The number of hydrogen-bond acceptors (Lipinski definition) is 3. The second kappa shape index (κ2) is 11.6. The van der Waals surface area contributed by atoms with Gasteiger partial charge in [0.2, 0.25) is 0 Å². The van der Waals surface area contributed by atoms with Gasteiger partial charge in [-0.2, -0.15) is 0 Å². The normalized spacial score (nSPS) is 17.8. The standard InChI is InChI=1S/C28H37N3/c1-5-9-27(30-21(2)10-7-6-8-17-29-4)19-23-11-13-24(14-12-23)25-15-16-26-18-22(3)31-28(26)20-25/h11,13-16,20,23,27,29-31H,2-3,6-8,10,12,17-19H2,1,4H3. The number of anilines is 1. The van der Waals surface area contributed by atoms with E-state index in [9.17, 15) is 0 Å². The van der Waals surface area contributed by atoms with Gasteiger partial charge in [0.05, 0.1) is 6.04 Å². The second-order valence-corrected chi connectivity index (χ2v) is 8.64. The Labute approximate surface area is 188 Å². The number of fused-ring (bicyclic) bond motifs is 1. The van der Waals surface area contributed by atoms with E-state index in [0.29, 0.717) is 5.92 Å². The van der Waals surface area contributed by atoms with Crippen molar-refractivity contribution in [2.24, 2.45) is 5.92 Å². The fraction of sp³-hybridized carbons (Fsp3) is 0.429. The molecule has 3 rings (SSSR count). The summed E-state index contributed by atoms with van der Waals surface area (Å²) in [7, 11) is 2.01. The fourth-order valence-electron chi connectivity index (χ4n) is 4.31. The largest absolute Gasteiger partial charge is 0.375 e. The summed E-state index contributed by atoms with van der Waals surface area (Å²) < 4.78 is 0. The van der Waals surface area contributed by atoms with E-state index in [2.05, 4.69) is 77.4 Å². The lowest BCUT2D eigenvalue weighted by atomic mass is 9.88. The monoisotopic (exact) mass is 415 g/mol. The zero-order valence-electron chi connectivity index (χ0n) is 19.2. The van der Waals surface area contributed by atoms with Gasteiger partial charge in [0.1, 0.15) is 0 Å². The summed E-state index contributed by atoms with van der Waals surface area (Å²) in [5.74, 6) is 6.94. The number of nitrogens with one attached hydrogen (secondary N) is 3. The summed E-state index contributed by atoms with van der Waals surface area (Å²) >= 11 is 0. The summed E-state index contributed by atoms with van der Waals surface area (Å²) in [6.45, 7) is 11.3. The van der Waals surface area contributed by atoms with Crippen LogP contribution in [0.2, 0.25) is 0 Å². The molecule has 0 spiro atoms. The van der Waals surface area contributed by atoms with Crippen LogP contribution in [0.15, 0.2) is 61.0 Å². The molecule has 2 aliphatic rings. The molecule has 1 aliphatic carbocycles. The molecular weight excluding hydrogens is 378 g/mol. The molecule has 0 fully saturated rings. The lowest BCUT2D eigenvalue weighted by Gasteiger charge is -2.22. The van der Waals surface area contributed by atoms with Crippen LogP contribution >= 0.6 is 0 Å². The average molecular weight is 416 g/mol. The van der Waals surface area contributed by atoms with E-state index in [0.717, 1.165) is 43.6 Å². The Morgan fingerprint density at radius 2 is 2.16 bits per heavy atom. The Morgan fingerprint density at radius 3 is 2.90 bits per heavy atom. The van der Waals surface area contributed by atoms with Gasteiger partial charge in [-0.05, 0) is 81.3 Å². The Kier molecular flexibility index (Phi) is 8.62. The highest BCUT2D eigenvalue weighted by molar-refractivity contribution is 5.78. The number of rotatable bonds is 11. The van der Waals surface area contributed by atoms with E-state index in [1.54, 1.807) is 0 Å². The van der Waals surface area contributed by atoms with E-state index in [1.807, 2.05) is 14.0 Å². The van der Waals surface area contributed by atoms with E-state index in [1.165, 1.54) is 41.6 Å². The van der Waals surface area contributed by atoms with Crippen molar-refractivity contribution in [3.63, 3.8) is 0 Å². The topological polar surface area (TPSA) is 36.1 Å². The molecule has 3 heteroatoms. The van der Waals surface area contributed by atoms with Crippen molar-refractivity contribution in [2.75, 3.05) is 18.9 Å². The maximum absolute atomic E-state index is 4.24. The van der Waals surface area contributed by atoms with Crippen molar-refractivity contribution in [1.29, 1.82) is 0 Å². The lowest BCUT2D eigenvalue weighted by Crippen LogP contribution is -2.29. The molecule has 0 radical (unpaired) electrons. The van der Waals surface area contributed by atoms with E-state index in [4.69, 9.17) is 0 Å². The second-order valence-electron chi connectivity index (χ2n) is 8.64. The van der Waals surface area contributed by atoms with Crippen LogP contribution in [0.3, 0.4) is 0 Å². The molecular formula is C28H37N3. The molecule has 0 saturated carbocycles. The van der Waals surface area contributed by atoms with E-state index >= 15 is 0 Å². The first-order chi connectivity index (χ1) is 15.1.